The molecule has 2 rings (SSSR count). The molecule has 5 heteroatoms. The third-order valence-electron chi connectivity index (χ3n) is 3.19. The Kier molecular flexibility index (Phi) is 2.80. The van der Waals surface area contributed by atoms with Gasteiger partial charge >= 0.3 is 0 Å². The van der Waals surface area contributed by atoms with Crippen LogP contribution in [0.3, 0.4) is 0 Å². The molecule has 1 aromatic heterocycles. The van der Waals surface area contributed by atoms with Gasteiger partial charge in [-0.1, -0.05) is 4.49 Å². The first-order valence-corrected chi connectivity index (χ1v) is 6.25. The Balaban J connectivity index is 2.22. The monoisotopic (exact) mass is 242 g/mol. The number of rotatable bonds is 2. The first-order chi connectivity index (χ1) is 7.32. The molecule has 90 valence electrons. The van der Waals surface area contributed by atoms with Gasteiger partial charge in [-0.15, -0.1) is 5.10 Å². The van der Waals surface area contributed by atoms with Crippen LogP contribution in [0.25, 0.3) is 0 Å². The van der Waals surface area contributed by atoms with Crippen molar-refractivity contribution in [2.75, 3.05) is 0 Å². The van der Waals surface area contributed by atoms with Gasteiger partial charge in [-0.25, -0.2) is 0 Å². The van der Waals surface area contributed by atoms with Gasteiger partial charge in [0.2, 0.25) is 0 Å². The summed E-state index contributed by atoms with van der Waals surface area (Å²) in [5.74, 6) is 0.0877. The lowest BCUT2D eigenvalue weighted by atomic mass is 9.82. The number of hydrogen-bond donors (Lipinski definition) is 1. The molecule has 0 bridgehead atoms. The molecular weight excluding hydrogens is 224 g/mol. The molecule has 4 nitrogen and oxygen atoms in total. The van der Waals surface area contributed by atoms with Crippen molar-refractivity contribution in [3.05, 3.63) is 11.1 Å². The molecule has 16 heavy (non-hydrogen) atoms. The number of hydrogen-bond acceptors (Lipinski definition) is 5. The fourth-order valence-electron chi connectivity index (χ4n) is 2.60. The van der Waals surface area contributed by atoms with Gasteiger partial charge < -0.3 is 9.84 Å². The highest BCUT2D eigenvalue weighted by Crippen LogP contribution is 2.47. The number of aromatic nitrogens is 2. The topological polar surface area (TPSA) is 55.2 Å². The van der Waals surface area contributed by atoms with Crippen molar-refractivity contribution in [2.45, 2.75) is 51.4 Å². The molecule has 1 aliphatic rings. The van der Waals surface area contributed by atoms with E-state index in [0.717, 1.165) is 11.3 Å². The molecule has 2 unspecified atom stereocenters. The molecule has 0 spiro atoms. The smallest absolute Gasteiger partial charge is 0.0970 e. The minimum absolute atomic E-state index is 0.0877. The predicted octanol–water partition coefficient (Wildman–Crippen LogP) is 2.17. The van der Waals surface area contributed by atoms with Crippen LogP contribution in [-0.4, -0.2) is 25.9 Å². The number of aliphatic hydroxyl groups is 1. The zero-order valence-electron chi connectivity index (χ0n) is 10.1. The third kappa shape index (κ3) is 2.12. The molecule has 0 aromatic carbocycles. The minimum Gasteiger partial charge on any atom is -0.387 e. The average Bonchev–Trinajstić information content (AvgIpc) is 2.69. The Hall–Kier alpha value is -0.520. The Morgan fingerprint density at radius 2 is 2.19 bits per heavy atom. The molecule has 1 N–H and O–H groups in total. The van der Waals surface area contributed by atoms with E-state index in [-0.39, 0.29) is 17.1 Å². The van der Waals surface area contributed by atoms with E-state index < -0.39 is 6.10 Å². The van der Waals surface area contributed by atoms with E-state index in [1.165, 1.54) is 11.5 Å². The standard InChI is InChI=1S/C11H18N2O2S/c1-10(2)5-7(11(3,4)15-10)9(14)8-6-12-13-16-8/h6-7,9,14H,5H2,1-4H3. The summed E-state index contributed by atoms with van der Waals surface area (Å²) in [5, 5.41) is 14.1. The van der Waals surface area contributed by atoms with Gasteiger partial charge in [-0.05, 0) is 45.6 Å². The van der Waals surface area contributed by atoms with Gasteiger partial charge in [0.15, 0.2) is 0 Å². The molecule has 1 fully saturated rings. The van der Waals surface area contributed by atoms with Crippen LogP contribution in [-0.2, 0) is 4.74 Å². The minimum atomic E-state index is -0.531. The predicted molar refractivity (Wildman–Crippen MR) is 62.2 cm³/mol. The SMILES string of the molecule is CC1(C)CC(C(O)c2cnns2)C(C)(C)O1. The summed E-state index contributed by atoms with van der Waals surface area (Å²) in [6.07, 6.45) is 1.95. The molecule has 0 saturated carbocycles. The summed E-state index contributed by atoms with van der Waals surface area (Å²) in [4.78, 5) is 0.819. The van der Waals surface area contributed by atoms with E-state index in [0.29, 0.717) is 0 Å². The van der Waals surface area contributed by atoms with Crippen LogP contribution in [0.2, 0.25) is 0 Å². The van der Waals surface area contributed by atoms with Gasteiger partial charge in [0, 0.05) is 5.92 Å². The van der Waals surface area contributed by atoms with Crippen LogP contribution >= 0.6 is 11.5 Å². The number of aliphatic hydroxyl groups excluding tert-OH is 1. The first kappa shape index (κ1) is 12.0. The van der Waals surface area contributed by atoms with Gasteiger partial charge in [0.05, 0.1) is 28.4 Å². The lowest BCUT2D eigenvalue weighted by molar-refractivity contribution is -0.0877. The maximum absolute atomic E-state index is 10.3. The zero-order valence-corrected chi connectivity index (χ0v) is 10.9. The van der Waals surface area contributed by atoms with E-state index in [1.54, 1.807) is 6.20 Å². The van der Waals surface area contributed by atoms with Crippen LogP contribution in [0.5, 0.6) is 0 Å². The summed E-state index contributed by atoms with van der Waals surface area (Å²) in [6, 6.07) is 0. The van der Waals surface area contributed by atoms with Crippen molar-refractivity contribution in [3.63, 3.8) is 0 Å². The van der Waals surface area contributed by atoms with Crippen molar-refractivity contribution in [1.82, 2.24) is 9.59 Å². The Bertz CT molecular complexity index is 362. The maximum Gasteiger partial charge on any atom is 0.0970 e. The summed E-state index contributed by atoms with van der Waals surface area (Å²) >= 11 is 1.25. The van der Waals surface area contributed by atoms with E-state index >= 15 is 0 Å². The van der Waals surface area contributed by atoms with Gasteiger partial charge in [-0.3, -0.25) is 0 Å². The third-order valence-corrected chi connectivity index (χ3v) is 3.93. The molecule has 0 amide bonds. The molecule has 2 heterocycles. The second-order valence-electron chi connectivity index (χ2n) is 5.54. The van der Waals surface area contributed by atoms with E-state index in [1.807, 2.05) is 13.8 Å². The normalized spacial score (nSPS) is 29.2. The lowest BCUT2D eigenvalue weighted by Crippen LogP contribution is -2.32. The molecule has 1 aliphatic heterocycles. The van der Waals surface area contributed by atoms with Crippen molar-refractivity contribution in [2.24, 2.45) is 5.92 Å². The van der Waals surface area contributed by atoms with Crippen molar-refractivity contribution >= 4 is 11.5 Å². The molecule has 1 aromatic rings. The van der Waals surface area contributed by atoms with Crippen LogP contribution in [0.1, 0.15) is 45.1 Å². The highest BCUT2D eigenvalue weighted by atomic mass is 32.1. The van der Waals surface area contributed by atoms with E-state index in [2.05, 4.69) is 23.4 Å². The largest absolute Gasteiger partial charge is 0.387 e. The molecule has 2 atom stereocenters. The number of nitrogens with zero attached hydrogens (tertiary/aromatic N) is 2. The second-order valence-corrected chi connectivity index (χ2v) is 6.36. The highest BCUT2D eigenvalue weighted by molar-refractivity contribution is 7.05. The van der Waals surface area contributed by atoms with Crippen LogP contribution in [0, 0.1) is 5.92 Å². The summed E-state index contributed by atoms with van der Waals surface area (Å²) in [7, 11) is 0. The van der Waals surface area contributed by atoms with Gasteiger partial charge in [0.1, 0.15) is 0 Å². The first-order valence-electron chi connectivity index (χ1n) is 5.47. The van der Waals surface area contributed by atoms with Crippen LogP contribution < -0.4 is 0 Å². The van der Waals surface area contributed by atoms with Crippen molar-refractivity contribution in [1.29, 1.82) is 0 Å². The summed E-state index contributed by atoms with van der Waals surface area (Å²) in [5.41, 5.74) is -0.486. The summed E-state index contributed by atoms with van der Waals surface area (Å²) in [6.45, 7) is 8.19. The maximum atomic E-state index is 10.3. The van der Waals surface area contributed by atoms with Crippen molar-refractivity contribution in [3.8, 4) is 0 Å². The zero-order chi connectivity index (χ0) is 12.0. The second kappa shape index (κ2) is 3.75. The fraction of sp³-hybridized carbons (Fsp3) is 0.818. The molecular formula is C11H18N2O2S. The quantitative estimate of drug-likeness (QED) is 0.863. The Morgan fingerprint density at radius 3 is 2.62 bits per heavy atom. The average molecular weight is 242 g/mol. The Morgan fingerprint density at radius 1 is 1.50 bits per heavy atom. The van der Waals surface area contributed by atoms with Crippen LogP contribution in [0.4, 0.5) is 0 Å². The van der Waals surface area contributed by atoms with Gasteiger partial charge in [-0.2, -0.15) is 0 Å². The summed E-state index contributed by atoms with van der Waals surface area (Å²) < 4.78 is 9.76. The number of ether oxygens (including phenoxy) is 1. The molecule has 1 saturated heterocycles. The van der Waals surface area contributed by atoms with Gasteiger partial charge in [0.25, 0.3) is 0 Å². The van der Waals surface area contributed by atoms with Crippen LogP contribution in [0.15, 0.2) is 6.20 Å². The highest BCUT2D eigenvalue weighted by Gasteiger charge is 2.49. The van der Waals surface area contributed by atoms with E-state index in [4.69, 9.17) is 4.74 Å². The van der Waals surface area contributed by atoms with Crippen molar-refractivity contribution < 1.29 is 9.84 Å². The Labute approximate surface area is 99.8 Å². The fourth-order valence-corrected chi connectivity index (χ4v) is 3.16. The lowest BCUT2D eigenvalue weighted by Gasteiger charge is -2.29. The molecule has 0 aliphatic carbocycles. The van der Waals surface area contributed by atoms with E-state index in [9.17, 15) is 5.11 Å². The molecule has 0 radical (unpaired) electrons.